The zero-order chi connectivity index (χ0) is 14.5. The van der Waals surface area contributed by atoms with Crippen LogP contribution in [0.5, 0.6) is 0 Å². The lowest BCUT2D eigenvalue weighted by atomic mass is 10.2. The third-order valence-electron chi connectivity index (χ3n) is 3.66. The number of likely N-dealkylation sites (tertiary alicyclic amines) is 1. The number of carbonyl (C=O) groups excluding carboxylic acids is 1. The Kier molecular flexibility index (Phi) is 5.40. The van der Waals surface area contributed by atoms with E-state index in [4.69, 9.17) is 0 Å². The Labute approximate surface area is 127 Å². The van der Waals surface area contributed by atoms with Gasteiger partial charge in [-0.15, -0.1) is 0 Å². The maximum Gasteiger partial charge on any atom is 0.241 e. The van der Waals surface area contributed by atoms with Gasteiger partial charge in [0.2, 0.25) is 5.91 Å². The summed E-state index contributed by atoms with van der Waals surface area (Å²) in [4.78, 5) is 14.1. The highest BCUT2D eigenvalue weighted by Crippen LogP contribution is 2.24. The maximum absolute atomic E-state index is 13.3. The number of rotatable bonds is 3. The van der Waals surface area contributed by atoms with Crippen molar-refractivity contribution in [3.05, 3.63) is 28.0 Å². The first-order valence-electron chi connectivity index (χ1n) is 7.05. The lowest BCUT2D eigenvalue weighted by Crippen LogP contribution is -2.36. The lowest BCUT2D eigenvalue weighted by Gasteiger charge is -2.21. The first-order chi connectivity index (χ1) is 9.58. The number of hydrogen-bond donors (Lipinski definition) is 1. The van der Waals surface area contributed by atoms with Crippen LogP contribution in [0.1, 0.15) is 31.2 Å². The van der Waals surface area contributed by atoms with Crippen LogP contribution >= 0.6 is 15.9 Å². The second-order valence-corrected chi connectivity index (χ2v) is 6.08. The fourth-order valence-corrected chi connectivity index (χ4v) is 2.78. The number of hydrogen-bond acceptors (Lipinski definition) is 2. The molecule has 0 saturated carbocycles. The van der Waals surface area contributed by atoms with Crippen molar-refractivity contribution in [2.75, 3.05) is 25.0 Å². The molecule has 1 aliphatic rings. The van der Waals surface area contributed by atoms with Gasteiger partial charge >= 0.3 is 0 Å². The van der Waals surface area contributed by atoms with Gasteiger partial charge in [0.15, 0.2) is 0 Å². The van der Waals surface area contributed by atoms with Gasteiger partial charge in [-0.05, 0) is 53.4 Å². The molecule has 20 heavy (non-hydrogen) atoms. The number of nitrogens with zero attached hydrogens (tertiary/aromatic N) is 1. The average Bonchev–Trinajstić information content (AvgIpc) is 2.70. The summed E-state index contributed by atoms with van der Waals surface area (Å²) in [6.45, 7) is 3.80. The molecule has 0 unspecified atom stereocenters. The van der Waals surface area contributed by atoms with E-state index in [9.17, 15) is 9.18 Å². The van der Waals surface area contributed by atoms with Crippen LogP contribution in [0.25, 0.3) is 0 Å². The van der Waals surface area contributed by atoms with Crippen molar-refractivity contribution >= 4 is 27.5 Å². The van der Waals surface area contributed by atoms with E-state index in [-0.39, 0.29) is 18.3 Å². The molecule has 1 fully saturated rings. The fourth-order valence-electron chi connectivity index (χ4n) is 2.44. The van der Waals surface area contributed by atoms with Crippen LogP contribution in [0.4, 0.5) is 10.1 Å². The van der Waals surface area contributed by atoms with Gasteiger partial charge in [0.05, 0.1) is 11.0 Å². The Bertz CT molecular complexity index is 485. The summed E-state index contributed by atoms with van der Waals surface area (Å²) in [5.41, 5.74) is 1.59. The molecule has 0 atom stereocenters. The quantitative estimate of drug-likeness (QED) is 0.907. The normalized spacial score (nSPS) is 15.8. The van der Waals surface area contributed by atoms with Gasteiger partial charge in [-0.3, -0.25) is 4.79 Å². The molecule has 0 spiro atoms. The van der Waals surface area contributed by atoms with Crippen LogP contribution in [-0.2, 0) is 4.79 Å². The molecular weight excluding hydrogens is 323 g/mol. The minimum atomic E-state index is -0.285. The van der Waals surface area contributed by atoms with Gasteiger partial charge in [-0.1, -0.05) is 12.8 Å². The van der Waals surface area contributed by atoms with E-state index in [1.54, 1.807) is 6.07 Å². The number of amides is 1. The van der Waals surface area contributed by atoms with Crippen LogP contribution in [0.3, 0.4) is 0 Å². The van der Waals surface area contributed by atoms with Crippen LogP contribution < -0.4 is 5.32 Å². The largest absolute Gasteiger partial charge is 0.376 e. The van der Waals surface area contributed by atoms with E-state index in [1.165, 1.54) is 18.9 Å². The van der Waals surface area contributed by atoms with Gasteiger partial charge in [-0.2, -0.15) is 0 Å². The molecule has 110 valence electrons. The maximum atomic E-state index is 13.3. The molecule has 0 aliphatic carbocycles. The van der Waals surface area contributed by atoms with Gasteiger partial charge in [-0.25, -0.2) is 4.39 Å². The van der Waals surface area contributed by atoms with E-state index < -0.39 is 0 Å². The molecule has 2 rings (SSSR count). The molecule has 1 saturated heterocycles. The third-order valence-corrected chi connectivity index (χ3v) is 4.26. The summed E-state index contributed by atoms with van der Waals surface area (Å²) in [6, 6.07) is 3.14. The summed E-state index contributed by atoms with van der Waals surface area (Å²) in [5.74, 6) is -0.168. The first-order valence-corrected chi connectivity index (χ1v) is 7.84. The first kappa shape index (κ1) is 15.3. The molecule has 1 aromatic rings. The van der Waals surface area contributed by atoms with E-state index in [0.717, 1.165) is 37.2 Å². The minimum Gasteiger partial charge on any atom is -0.376 e. The highest BCUT2D eigenvalue weighted by Gasteiger charge is 2.15. The monoisotopic (exact) mass is 342 g/mol. The van der Waals surface area contributed by atoms with Gasteiger partial charge in [0.1, 0.15) is 5.82 Å². The second kappa shape index (κ2) is 7.07. The molecule has 5 heteroatoms. The molecule has 1 amide bonds. The highest BCUT2D eigenvalue weighted by molar-refractivity contribution is 9.10. The summed E-state index contributed by atoms with van der Waals surface area (Å²) in [5, 5.41) is 3.11. The molecule has 1 aromatic carbocycles. The highest BCUT2D eigenvalue weighted by atomic mass is 79.9. The van der Waals surface area contributed by atoms with Crippen LogP contribution in [0.2, 0.25) is 0 Å². The number of halogens is 2. The van der Waals surface area contributed by atoms with Crippen molar-refractivity contribution in [1.82, 2.24) is 4.90 Å². The van der Waals surface area contributed by atoms with Gasteiger partial charge in [0, 0.05) is 18.8 Å². The van der Waals surface area contributed by atoms with E-state index in [0.29, 0.717) is 4.47 Å². The zero-order valence-electron chi connectivity index (χ0n) is 11.7. The van der Waals surface area contributed by atoms with E-state index >= 15 is 0 Å². The second-order valence-electron chi connectivity index (χ2n) is 5.23. The predicted octanol–water partition coefficient (Wildman–Crippen LogP) is 3.71. The van der Waals surface area contributed by atoms with E-state index in [2.05, 4.69) is 21.2 Å². The summed E-state index contributed by atoms with van der Waals surface area (Å²) >= 11 is 3.16. The molecule has 1 heterocycles. The van der Waals surface area contributed by atoms with Crippen molar-refractivity contribution in [2.24, 2.45) is 0 Å². The average molecular weight is 343 g/mol. The van der Waals surface area contributed by atoms with Gasteiger partial charge < -0.3 is 10.2 Å². The predicted molar refractivity (Wildman–Crippen MR) is 82.4 cm³/mol. The fraction of sp³-hybridized carbons (Fsp3) is 0.533. The Hall–Kier alpha value is -1.10. The van der Waals surface area contributed by atoms with Gasteiger partial charge in [0.25, 0.3) is 0 Å². The molecule has 0 radical (unpaired) electrons. The number of anilines is 1. The molecule has 1 N–H and O–H groups in total. The van der Waals surface area contributed by atoms with Crippen molar-refractivity contribution < 1.29 is 9.18 Å². The topological polar surface area (TPSA) is 32.3 Å². The van der Waals surface area contributed by atoms with Crippen LogP contribution in [0, 0.1) is 12.7 Å². The van der Waals surface area contributed by atoms with Crippen molar-refractivity contribution in [2.45, 2.75) is 32.6 Å². The number of aryl methyl sites for hydroxylation is 1. The number of carbonyl (C=O) groups is 1. The van der Waals surface area contributed by atoms with Crippen molar-refractivity contribution in [1.29, 1.82) is 0 Å². The minimum absolute atomic E-state index is 0.117. The molecule has 0 aromatic heterocycles. The lowest BCUT2D eigenvalue weighted by molar-refractivity contribution is -0.129. The molecular formula is C15H20BrFN2O. The Balaban J connectivity index is 1.94. The smallest absolute Gasteiger partial charge is 0.241 e. The Morgan fingerprint density at radius 2 is 1.95 bits per heavy atom. The SMILES string of the molecule is Cc1cc(F)c(Br)cc1NCC(=O)N1CCCCCC1. The Morgan fingerprint density at radius 1 is 1.30 bits per heavy atom. The number of benzene rings is 1. The summed E-state index contributed by atoms with van der Waals surface area (Å²) in [6.07, 6.45) is 4.60. The molecule has 0 bridgehead atoms. The third kappa shape index (κ3) is 3.95. The van der Waals surface area contributed by atoms with E-state index in [1.807, 2.05) is 11.8 Å². The summed E-state index contributed by atoms with van der Waals surface area (Å²) in [7, 11) is 0. The zero-order valence-corrected chi connectivity index (χ0v) is 13.3. The molecule has 3 nitrogen and oxygen atoms in total. The van der Waals surface area contributed by atoms with Crippen molar-refractivity contribution in [3.63, 3.8) is 0 Å². The molecule has 1 aliphatic heterocycles. The summed E-state index contributed by atoms with van der Waals surface area (Å²) < 4.78 is 13.8. The van der Waals surface area contributed by atoms with Crippen LogP contribution in [-0.4, -0.2) is 30.4 Å². The van der Waals surface area contributed by atoms with Crippen molar-refractivity contribution in [3.8, 4) is 0 Å². The standard InChI is InChI=1S/C15H20BrFN2O/c1-11-8-13(17)12(16)9-14(11)18-10-15(20)19-6-4-2-3-5-7-19/h8-9,18H,2-7,10H2,1H3. The number of nitrogens with one attached hydrogen (secondary N) is 1. The Morgan fingerprint density at radius 3 is 2.60 bits per heavy atom. The van der Waals surface area contributed by atoms with Crippen LogP contribution in [0.15, 0.2) is 16.6 Å².